The Kier molecular flexibility index (Phi) is 4.95. The van der Waals surface area contributed by atoms with Crippen LogP contribution in [0.4, 0.5) is 0 Å². The van der Waals surface area contributed by atoms with Gasteiger partial charge in [0.15, 0.2) is 0 Å². The van der Waals surface area contributed by atoms with E-state index in [4.69, 9.17) is 9.47 Å². The molecular weight excluding hydrogens is 354 g/mol. The van der Waals surface area contributed by atoms with Gasteiger partial charge in [0, 0.05) is 24.6 Å². The van der Waals surface area contributed by atoms with Crippen LogP contribution in [-0.4, -0.2) is 37.4 Å². The van der Waals surface area contributed by atoms with E-state index in [1.54, 1.807) is 7.11 Å². The molecule has 1 spiro atoms. The fourth-order valence-electron chi connectivity index (χ4n) is 6.48. The monoisotopic (exact) mass is 387 g/mol. The molecule has 1 saturated heterocycles. The molecule has 5 nitrogen and oxygen atoms in total. The summed E-state index contributed by atoms with van der Waals surface area (Å²) in [5, 5.41) is 12.5. The van der Waals surface area contributed by atoms with E-state index in [1.165, 1.54) is 5.56 Å². The van der Waals surface area contributed by atoms with Crippen LogP contribution < -0.4 is 10.1 Å². The Morgan fingerprint density at radius 1 is 1.39 bits per heavy atom. The number of hydrogen-bond acceptors (Lipinski definition) is 4. The van der Waals surface area contributed by atoms with Crippen molar-refractivity contribution < 1.29 is 19.4 Å². The molecule has 4 rings (SSSR count). The lowest BCUT2D eigenvalue weighted by molar-refractivity contribution is -0.137. The molecule has 1 aromatic carbocycles. The minimum absolute atomic E-state index is 0.00245. The number of carbonyl (C=O) groups excluding carboxylic acids is 1. The van der Waals surface area contributed by atoms with Gasteiger partial charge in [-0.05, 0) is 60.5 Å². The second-order valence-electron chi connectivity index (χ2n) is 9.56. The van der Waals surface area contributed by atoms with E-state index >= 15 is 0 Å². The average Bonchev–Trinajstić information content (AvgIpc) is 3.14. The van der Waals surface area contributed by atoms with Crippen LogP contribution in [0.3, 0.4) is 0 Å². The van der Waals surface area contributed by atoms with Crippen LogP contribution in [0.2, 0.25) is 0 Å². The number of fused-ring (bicyclic) bond motifs is 1. The quantitative estimate of drug-likeness (QED) is 0.813. The van der Waals surface area contributed by atoms with E-state index in [9.17, 15) is 9.90 Å². The standard InChI is InChI=1S/C23H33NO4/c1-14-5-6-16(18(11-14)27-4)20-17-12-15-13-23(17,8-10-28-20)21(22(15,2)3)24-19(26)7-9-25/h5-6,11,15,17,20-21,25H,7-10,12-13H2,1-4H3,(H,24,26)/t15-,17-,20-,21+,23-/m1/s1. The summed E-state index contributed by atoms with van der Waals surface area (Å²) in [7, 11) is 1.72. The summed E-state index contributed by atoms with van der Waals surface area (Å²) in [6, 6.07) is 6.47. The van der Waals surface area contributed by atoms with Gasteiger partial charge in [-0.3, -0.25) is 4.79 Å². The van der Waals surface area contributed by atoms with E-state index in [1.807, 2.05) is 0 Å². The number of benzene rings is 1. The first-order valence-corrected chi connectivity index (χ1v) is 10.5. The molecule has 5 atom stereocenters. The summed E-state index contributed by atoms with van der Waals surface area (Å²) in [5.41, 5.74) is 2.41. The summed E-state index contributed by atoms with van der Waals surface area (Å²) in [6.45, 7) is 7.26. The highest BCUT2D eigenvalue weighted by molar-refractivity contribution is 5.76. The molecule has 1 aromatic rings. The first kappa shape index (κ1) is 19.7. The number of carbonyl (C=O) groups is 1. The molecule has 1 amide bonds. The molecule has 0 aromatic heterocycles. The number of aliphatic hydroxyl groups is 1. The molecule has 0 radical (unpaired) electrons. The Hall–Kier alpha value is -1.59. The van der Waals surface area contributed by atoms with Crippen LogP contribution in [0.5, 0.6) is 5.75 Å². The van der Waals surface area contributed by atoms with Crippen LogP contribution in [0.15, 0.2) is 18.2 Å². The molecule has 2 N–H and O–H groups in total. The summed E-state index contributed by atoms with van der Waals surface area (Å²) < 4.78 is 12.0. The zero-order chi connectivity index (χ0) is 20.1. The molecule has 0 unspecified atom stereocenters. The molecule has 5 heteroatoms. The molecular formula is C23H33NO4. The second-order valence-corrected chi connectivity index (χ2v) is 9.56. The summed E-state index contributed by atoms with van der Waals surface area (Å²) >= 11 is 0. The van der Waals surface area contributed by atoms with Gasteiger partial charge in [-0.15, -0.1) is 0 Å². The number of aryl methyl sites for hydroxylation is 1. The Morgan fingerprint density at radius 3 is 2.89 bits per heavy atom. The van der Waals surface area contributed by atoms with Gasteiger partial charge in [-0.2, -0.15) is 0 Å². The highest BCUT2D eigenvalue weighted by atomic mass is 16.5. The number of amides is 1. The predicted molar refractivity (Wildman–Crippen MR) is 107 cm³/mol. The van der Waals surface area contributed by atoms with Crippen LogP contribution in [0.1, 0.15) is 56.8 Å². The molecule has 2 saturated carbocycles. The Balaban J connectivity index is 1.69. The highest BCUT2D eigenvalue weighted by Gasteiger charge is 2.68. The number of rotatable bonds is 5. The van der Waals surface area contributed by atoms with Gasteiger partial charge in [0.2, 0.25) is 5.91 Å². The summed E-state index contributed by atoms with van der Waals surface area (Å²) in [5.74, 6) is 1.79. The summed E-state index contributed by atoms with van der Waals surface area (Å²) in [6.07, 6.45) is 3.42. The lowest BCUT2D eigenvalue weighted by atomic mass is 9.58. The maximum atomic E-state index is 12.4. The first-order valence-electron chi connectivity index (χ1n) is 10.5. The number of ether oxygens (including phenoxy) is 2. The van der Waals surface area contributed by atoms with Crippen molar-refractivity contribution in [3.05, 3.63) is 29.3 Å². The Morgan fingerprint density at radius 2 is 2.18 bits per heavy atom. The van der Waals surface area contributed by atoms with Gasteiger partial charge >= 0.3 is 0 Å². The van der Waals surface area contributed by atoms with Crippen molar-refractivity contribution in [3.63, 3.8) is 0 Å². The molecule has 3 fully saturated rings. The lowest BCUT2D eigenvalue weighted by Crippen LogP contribution is -2.59. The van der Waals surface area contributed by atoms with E-state index in [0.717, 1.165) is 30.6 Å². The lowest BCUT2D eigenvalue weighted by Gasteiger charge is -2.53. The number of aliphatic hydroxyl groups excluding tert-OH is 1. The van der Waals surface area contributed by atoms with Crippen molar-refractivity contribution in [2.45, 2.75) is 58.6 Å². The largest absolute Gasteiger partial charge is 0.496 e. The topological polar surface area (TPSA) is 67.8 Å². The minimum atomic E-state index is -0.106. The highest BCUT2D eigenvalue weighted by Crippen LogP contribution is 2.70. The fourth-order valence-corrected chi connectivity index (χ4v) is 6.48. The van der Waals surface area contributed by atoms with Gasteiger partial charge in [0.1, 0.15) is 5.75 Å². The van der Waals surface area contributed by atoms with Gasteiger partial charge in [0.05, 0.1) is 19.8 Å². The number of hydrogen-bond donors (Lipinski definition) is 2. The average molecular weight is 388 g/mol. The molecule has 2 bridgehead atoms. The van der Waals surface area contributed by atoms with E-state index < -0.39 is 0 Å². The molecule has 2 aliphatic carbocycles. The molecule has 1 aliphatic heterocycles. The predicted octanol–water partition coefficient (Wildman–Crippen LogP) is 3.38. The number of nitrogens with one attached hydrogen (secondary N) is 1. The van der Waals surface area contributed by atoms with Crippen molar-refractivity contribution in [2.75, 3.05) is 20.3 Å². The van der Waals surface area contributed by atoms with E-state index in [2.05, 4.69) is 44.3 Å². The molecule has 3 aliphatic rings. The van der Waals surface area contributed by atoms with Gasteiger partial charge in [-0.1, -0.05) is 26.0 Å². The van der Waals surface area contributed by atoms with Crippen molar-refractivity contribution in [1.82, 2.24) is 5.32 Å². The van der Waals surface area contributed by atoms with E-state index in [0.29, 0.717) is 18.4 Å². The van der Waals surface area contributed by atoms with Gasteiger partial charge < -0.3 is 19.9 Å². The Labute approximate surface area is 167 Å². The second kappa shape index (κ2) is 7.03. The number of methoxy groups -OCH3 is 1. The maximum absolute atomic E-state index is 12.4. The van der Waals surface area contributed by atoms with Crippen molar-refractivity contribution in [2.24, 2.45) is 22.7 Å². The van der Waals surface area contributed by atoms with Crippen LogP contribution in [0, 0.1) is 29.6 Å². The van der Waals surface area contributed by atoms with Gasteiger partial charge in [0.25, 0.3) is 0 Å². The SMILES string of the molecule is COc1cc(C)ccc1[C@H]1OCC[C@@]23C[C@@H](C[C@H]12)C(C)(C)[C@@H]3NC(=O)CCO. The zero-order valence-corrected chi connectivity index (χ0v) is 17.5. The Bertz CT molecular complexity index is 761. The van der Waals surface area contributed by atoms with Crippen molar-refractivity contribution in [1.29, 1.82) is 0 Å². The third-order valence-corrected chi connectivity index (χ3v) is 7.84. The minimum Gasteiger partial charge on any atom is -0.496 e. The van der Waals surface area contributed by atoms with Crippen molar-refractivity contribution >= 4 is 5.91 Å². The first-order chi connectivity index (χ1) is 13.3. The smallest absolute Gasteiger partial charge is 0.222 e. The molecule has 28 heavy (non-hydrogen) atoms. The molecule has 154 valence electrons. The van der Waals surface area contributed by atoms with Crippen LogP contribution in [-0.2, 0) is 9.53 Å². The maximum Gasteiger partial charge on any atom is 0.222 e. The van der Waals surface area contributed by atoms with Crippen molar-refractivity contribution in [3.8, 4) is 5.75 Å². The normalized spacial score (nSPS) is 35.5. The van der Waals surface area contributed by atoms with Crippen LogP contribution in [0.25, 0.3) is 0 Å². The van der Waals surface area contributed by atoms with Crippen LogP contribution >= 0.6 is 0 Å². The summed E-state index contributed by atoms with van der Waals surface area (Å²) in [4.78, 5) is 12.4. The third kappa shape index (κ3) is 2.86. The fraction of sp³-hybridized carbons (Fsp3) is 0.696. The molecule has 1 heterocycles. The third-order valence-electron chi connectivity index (χ3n) is 7.84. The van der Waals surface area contributed by atoms with E-state index in [-0.39, 0.29) is 41.9 Å². The van der Waals surface area contributed by atoms with Gasteiger partial charge in [-0.25, -0.2) is 0 Å². The zero-order valence-electron chi connectivity index (χ0n) is 17.5.